The maximum absolute atomic E-state index is 10.1. The summed E-state index contributed by atoms with van der Waals surface area (Å²) >= 11 is 0. The Bertz CT molecular complexity index is 672. The lowest BCUT2D eigenvalue weighted by Gasteiger charge is -1.97. The number of benzene rings is 2. The van der Waals surface area contributed by atoms with Gasteiger partial charge in [0.1, 0.15) is 0 Å². The first-order chi connectivity index (χ1) is 10.3. The zero-order valence-corrected chi connectivity index (χ0v) is 11.2. The molecular formula is C15H14O7. The molecule has 116 valence electrons. The van der Waals surface area contributed by atoms with E-state index in [1.54, 1.807) is 0 Å². The van der Waals surface area contributed by atoms with Crippen molar-refractivity contribution in [3.8, 4) is 28.7 Å². The Labute approximate surface area is 125 Å². The van der Waals surface area contributed by atoms with Gasteiger partial charge in [-0.3, -0.25) is 0 Å². The van der Waals surface area contributed by atoms with E-state index in [0.29, 0.717) is 5.56 Å². The molecule has 0 fully saturated rings. The van der Waals surface area contributed by atoms with Crippen LogP contribution in [-0.2, 0) is 4.79 Å². The quantitative estimate of drug-likeness (QED) is 0.368. The van der Waals surface area contributed by atoms with Gasteiger partial charge in [0.05, 0.1) is 0 Å². The van der Waals surface area contributed by atoms with Crippen LogP contribution in [0.3, 0.4) is 0 Å². The van der Waals surface area contributed by atoms with Crippen molar-refractivity contribution < 1.29 is 35.4 Å². The highest BCUT2D eigenvalue weighted by Gasteiger charge is 2.01. The second-order valence-electron chi connectivity index (χ2n) is 4.06. The number of phenols is 5. The molecule has 0 aliphatic carbocycles. The van der Waals surface area contributed by atoms with Crippen LogP contribution in [-0.4, -0.2) is 36.6 Å². The van der Waals surface area contributed by atoms with Gasteiger partial charge in [0, 0.05) is 6.08 Å². The van der Waals surface area contributed by atoms with Gasteiger partial charge in [0.25, 0.3) is 0 Å². The Morgan fingerprint density at radius 1 is 0.818 bits per heavy atom. The lowest BCUT2D eigenvalue weighted by molar-refractivity contribution is -0.131. The number of aliphatic carboxylic acids is 1. The number of carboxylic acid groups (broad SMARTS) is 1. The van der Waals surface area contributed by atoms with Crippen LogP contribution in [0.25, 0.3) is 6.08 Å². The highest BCUT2D eigenvalue weighted by atomic mass is 16.4. The van der Waals surface area contributed by atoms with E-state index in [1.165, 1.54) is 42.5 Å². The zero-order chi connectivity index (χ0) is 16.7. The standard InChI is InChI=1S/C9H8O4.C6H6O3/c10-7-3-1-6(5-8(7)11)2-4-9(12)13;7-4-2-1-3-5(8)6(4)9/h1-5,10-11H,(H,12,13);1-3,7-9H. The largest absolute Gasteiger partial charge is 0.504 e. The Hall–Kier alpha value is -3.35. The van der Waals surface area contributed by atoms with Crippen LogP contribution in [0.1, 0.15) is 5.56 Å². The number of phenolic OH excluding ortho intramolecular Hbond substituents is 5. The molecule has 0 radical (unpaired) electrons. The molecule has 0 saturated carbocycles. The van der Waals surface area contributed by atoms with Crippen LogP contribution in [0.4, 0.5) is 0 Å². The molecule has 2 aromatic carbocycles. The van der Waals surface area contributed by atoms with Gasteiger partial charge in [-0.15, -0.1) is 0 Å². The molecule has 0 aromatic heterocycles. The highest BCUT2D eigenvalue weighted by Crippen LogP contribution is 2.32. The van der Waals surface area contributed by atoms with Crippen LogP contribution in [0.15, 0.2) is 42.5 Å². The molecule has 0 bridgehead atoms. The summed E-state index contributed by atoms with van der Waals surface area (Å²) in [4.78, 5) is 10.1. The average molecular weight is 306 g/mol. The molecule has 7 nitrogen and oxygen atoms in total. The van der Waals surface area contributed by atoms with E-state index in [4.69, 9.17) is 30.6 Å². The van der Waals surface area contributed by atoms with E-state index in [1.807, 2.05) is 0 Å². The van der Waals surface area contributed by atoms with Crippen LogP contribution in [0.2, 0.25) is 0 Å². The van der Waals surface area contributed by atoms with Crippen molar-refractivity contribution in [1.29, 1.82) is 0 Å². The molecule has 7 heteroatoms. The second-order valence-corrected chi connectivity index (χ2v) is 4.06. The Morgan fingerprint density at radius 2 is 1.41 bits per heavy atom. The van der Waals surface area contributed by atoms with Gasteiger partial charge in [-0.2, -0.15) is 0 Å². The highest BCUT2D eigenvalue weighted by molar-refractivity contribution is 5.85. The summed E-state index contributed by atoms with van der Waals surface area (Å²) in [6.45, 7) is 0. The average Bonchev–Trinajstić information content (AvgIpc) is 2.46. The first-order valence-electron chi connectivity index (χ1n) is 5.94. The Balaban J connectivity index is 0.000000235. The first-order valence-corrected chi connectivity index (χ1v) is 5.94. The van der Waals surface area contributed by atoms with E-state index >= 15 is 0 Å². The van der Waals surface area contributed by atoms with Gasteiger partial charge in [-0.1, -0.05) is 12.1 Å². The lowest BCUT2D eigenvalue weighted by Crippen LogP contribution is -1.85. The van der Waals surface area contributed by atoms with Crippen LogP contribution in [0, 0.1) is 0 Å². The van der Waals surface area contributed by atoms with Crippen LogP contribution >= 0.6 is 0 Å². The molecule has 22 heavy (non-hydrogen) atoms. The molecule has 0 unspecified atom stereocenters. The number of aromatic hydroxyl groups is 5. The predicted molar refractivity (Wildman–Crippen MR) is 77.9 cm³/mol. The van der Waals surface area contributed by atoms with Crippen molar-refractivity contribution in [3.05, 3.63) is 48.0 Å². The predicted octanol–water partition coefficient (Wildman–Crippen LogP) is 2.00. The summed E-state index contributed by atoms with van der Waals surface area (Å²) < 4.78 is 0. The summed E-state index contributed by atoms with van der Waals surface area (Å²) in [5.74, 6) is -2.66. The van der Waals surface area contributed by atoms with Crippen molar-refractivity contribution >= 4 is 12.0 Å². The summed E-state index contributed by atoms with van der Waals surface area (Å²) in [6, 6.07) is 8.06. The number of hydrogen-bond donors (Lipinski definition) is 6. The number of carbonyl (C=O) groups is 1. The van der Waals surface area contributed by atoms with Crippen molar-refractivity contribution in [3.63, 3.8) is 0 Å². The smallest absolute Gasteiger partial charge is 0.328 e. The summed E-state index contributed by atoms with van der Waals surface area (Å²) in [5.41, 5.74) is 0.512. The van der Waals surface area contributed by atoms with Crippen molar-refractivity contribution in [2.24, 2.45) is 0 Å². The van der Waals surface area contributed by atoms with Gasteiger partial charge in [-0.25, -0.2) is 4.79 Å². The van der Waals surface area contributed by atoms with E-state index in [0.717, 1.165) is 6.08 Å². The van der Waals surface area contributed by atoms with E-state index in [9.17, 15) is 4.79 Å². The van der Waals surface area contributed by atoms with Crippen molar-refractivity contribution in [2.75, 3.05) is 0 Å². The number of hydrogen-bond acceptors (Lipinski definition) is 6. The van der Waals surface area contributed by atoms with Crippen LogP contribution in [0.5, 0.6) is 28.7 Å². The third-order valence-corrected chi connectivity index (χ3v) is 2.41. The fourth-order valence-corrected chi connectivity index (χ4v) is 1.33. The SMILES string of the molecule is O=C(O)C=Cc1ccc(O)c(O)c1.Oc1cccc(O)c1O. The molecule has 0 amide bonds. The fraction of sp³-hybridized carbons (Fsp3) is 0. The number of carboxylic acids is 1. The molecule has 6 N–H and O–H groups in total. The minimum Gasteiger partial charge on any atom is -0.504 e. The molecule has 0 aliphatic rings. The van der Waals surface area contributed by atoms with E-state index < -0.39 is 11.7 Å². The van der Waals surface area contributed by atoms with Gasteiger partial charge in [0.15, 0.2) is 28.7 Å². The molecular weight excluding hydrogens is 292 g/mol. The normalized spacial score (nSPS) is 10.0. The van der Waals surface area contributed by atoms with E-state index in [2.05, 4.69) is 0 Å². The number of rotatable bonds is 2. The summed E-state index contributed by atoms with van der Waals surface area (Å²) in [7, 11) is 0. The van der Waals surface area contributed by atoms with Gasteiger partial charge in [0.2, 0.25) is 0 Å². The topological polar surface area (TPSA) is 138 Å². The third kappa shape index (κ3) is 4.97. The molecule has 0 aliphatic heterocycles. The van der Waals surface area contributed by atoms with Gasteiger partial charge >= 0.3 is 5.97 Å². The Kier molecular flexibility index (Phi) is 5.65. The molecule has 0 spiro atoms. The monoisotopic (exact) mass is 306 g/mol. The van der Waals surface area contributed by atoms with Gasteiger partial charge in [-0.05, 0) is 35.9 Å². The fourth-order valence-electron chi connectivity index (χ4n) is 1.33. The number of para-hydroxylation sites is 1. The molecule has 2 aromatic rings. The lowest BCUT2D eigenvalue weighted by atomic mass is 10.2. The third-order valence-electron chi connectivity index (χ3n) is 2.41. The van der Waals surface area contributed by atoms with Crippen molar-refractivity contribution in [2.45, 2.75) is 0 Å². The molecule has 2 rings (SSSR count). The maximum Gasteiger partial charge on any atom is 0.328 e. The minimum absolute atomic E-state index is 0.229. The first kappa shape index (κ1) is 16.7. The zero-order valence-electron chi connectivity index (χ0n) is 11.2. The van der Waals surface area contributed by atoms with Crippen LogP contribution < -0.4 is 0 Å². The Morgan fingerprint density at radius 3 is 1.86 bits per heavy atom. The molecule has 0 heterocycles. The summed E-state index contributed by atoms with van der Waals surface area (Å²) in [6.07, 6.45) is 2.27. The minimum atomic E-state index is -1.06. The maximum atomic E-state index is 10.1. The van der Waals surface area contributed by atoms with Crippen molar-refractivity contribution in [1.82, 2.24) is 0 Å². The summed E-state index contributed by atoms with van der Waals surface area (Å²) in [5, 5.41) is 52.4. The van der Waals surface area contributed by atoms with E-state index in [-0.39, 0.29) is 23.0 Å². The molecule has 0 saturated heterocycles. The second kappa shape index (κ2) is 7.44. The van der Waals surface area contributed by atoms with Gasteiger partial charge < -0.3 is 30.6 Å². The molecule has 0 atom stereocenters.